The molecule has 1 heterocycles. The van der Waals surface area contributed by atoms with Crippen molar-refractivity contribution >= 4 is 16.5 Å². The van der Waals surface area contributed by atoms with Crippen LogP contribution in [0.3, 0.4) is 0 Å². The molecule has 1 heteroatoms. The van der Waals surface area contributed by atoms with Gasteiger partial charge in [0.05, 0.1) is 5.69 Å². The molecule has 0 aliphatic heterocycles. The summed E-state index contributed by atoms with van der Waals surface area (Å²) in [4.78, 5) is 3.63. The quantitative estimate of drug-likeness (QED) is 0.625. The van der Waals surface area contributed by atoms with Gasteiger partial charge in [0.1, 0.15) is 0 Å². The molecular formula is C19H17N. The number of hydrogen-bond acceptors (Lipinski definition) is 0. The third kappa shape index (κ3) is 1.44. The van der Waals surface area contributed by atoms with E-state index in [2.05, 4.69) is 73.4 Å². The van der Waals surface area contributed by atoms with Gasteiger partial charge in [-0.3, -0.25) is 0 Å². The van der Waals surface area contributed by atoms with Crippen molar-refractivity contribution < 1.29 is 0 Å². The SMILES string of the molecule is CC1=C(c2ccccc2)c2[nH]c3ccccc3c2C1C. The van der Waals surface area contributed by atoms with Crippen molar-refractivity contribution in [3.63, 3.8) is 0 Å². The summed E-state index contributed by atoms with van der Waals surface area (Å²) in [5.74, 6) is 0.483. The molecular weight excluding hydrogens is 242 g/mol. The molecule has 0 radical (unpaired) electrons. The number of H-pyrrole nitrogens is 1. The third-order valence-electron chi connectivity index (χ3n) is 4.54. The Balaban J connectivity index is 2.03. The Labute approximate surface area is 119 Å². The average Bonchev–Trinajstić information content (AvgIpc) is 2.96. The standard InChI is InChI=1S/C19H17N/c1-12-13(2)18-15-10-6-7-11-16(15)20-19(18)17(12)14-8-4-3-5-9-14/h3-11,13,20H,1-2H3. The van der Waals surface area contributed by atoms with E-state index in [1.807, 2.05) is 0 Å². The molecule has 1 aliphatic carbocycles. The van der Waals surface area contributed by atoms with Crippen LogP contribution in [-0.4, -0.2) is 4.98 Å². The van der Waals surface area contributed by atoms with Crippen molar-refractivity contribution in [2.24, 2.45) is 0 Å². The molecule has 4 rings (SSSR count). The van der Waals surface area contributed by atoms with Crippen LogP contribution in [0.5, 0.6) is 0 Å². The van der Waals surface area contributed by atoms with Crippen LogP contribution in [0, 0.1) is 0 Å². The fourth-order valence-corrected chi connectivity index (χ4v) is 3.42. The number of hydrogen-bond donors (Lipinski definition) is 1. The summed E-state index contributed by atoms with van der Waals surface area (Å²) in [5, 5.41) is 1.36. The molecule has 0 amide bonds. The molecule has 0 saturated carbocycles. The van der Waals surface area contributed by atoms with Crippen LogP contribution in [-0.2, 0) is 0 Å². The second kappa shape index (κ2) is 4.11. The Morgan fingerprint density at radius 3 is 2.40 bits per heavy atom. The number of aromatic nitrogens is 1. The Hall–Kier alpha value is -2.28. The molecule has 98 valence electrons. The zero-order valence-electron chi connectivity index (χ0n) is 11.8. The van der Waals surface area contributed by atoms with Gasteiger partial charge in [-0.2, -0.15) is 0 Å². The first kappa shape index (κ1) is 11.5. The summed E-state index contributed by atoms with van der Waals surface area (Å²) in [7, 11) is 0. The van der Waals surface area contributed by atoms with Crippen molar-refractivity contribution in [3.8, 4) is 0 Å². The second-order valence-corrected chi connectivity index (χ2v) is 5.60. The van der Waals surface area contributed by atoms with Crippen molar-refractivity contribution in [2.75, 3.05) is 0 Å². The van der Waals surface area contributed by atoms with E-state index in [9.17, 15) is 0 Å². The summed E-state index contributed by atoms with van der Waals surface area (Å²) in [5.41, 5.74) is 8.15. The van der Waals surface area contributed by atoms with Gasteiger partial charge in [0.15, 0.2) is 0 Å². The molecule has 1 nitrogen and oxygen atoms in total. The maximum atomic E-state index is 3.63. The molecule has 0 fully saturated rings. The zero-order valence-corrected chi connectivity index (χ0v) is 11.8. The predicted octanol–water partition coefficient (Wildman–Crippen LogP) is 5.11. The van der Waals surface area contributed by atoms with Gasteiger partial charge < -0.3 is 4.98 Å². The number of aromatic amines is 1. The van der Waals surface area contributed by atoms with Crippen LogP contribution in [0.2, 0.25) is 0 Å². The summed E-state index contributed by atoms with van der Waals surface area (Å²) in [6.07, 6.45) is 0. The van der Waals surface area contributed by atoms with E-state index in [1.165, 1.54) is 38.9 Å². The molecule has 1 aliphatic rings. The summed E-state index contributed by atoms with van der Waals surface area (Å²) in [6, 6.07) is 19.3. The van der Waals surface area contributed by atoms with E-state index in [1.54, 1.807) is 0 Å². The highest BCUT2D eigenvalue weighted by molar-refractivity contribution is 5.97. The Morgan fingerprint density at radius 1 is 0.900 bits per heavy atom. The van der Waals surface area contributed by atoms with Crippen LogP contribution in [0.4, 0.5) is 0 Å². The number of fused-ring (bicyclic) bond motifs is 3. The van der Waals surface area contributed by atoms with Gasteiger partial charge in [-0.05, 0) is 24.1 Å². The highest BCUT2D eigenvalue weighted by Crippen LogP contribution is 2.47. The minimum atomic E-state index is 0.483. The van der Waals surface area contributed by atoms with Gasteiger partial charge in [-0.15, -0.1) is 0 Å². The van der Waals surface area contributed by atoms with Gasteiger partial charge in [0, 0.05) is 22.4 Å². The van der Waals surface area contributed by atoms with Gasteiger partial charge in [-0.1, -0.05) is 61.0 Å². The monoisotopic (exact) mass is 259 g/mol. The van der Waals surface area contributed by atoms with Gasteiger partial charge in [0.2, 0.25) is 0 Å². The van der Waals surface area contributed by atoms with E-state index in [0.717, 1.165) is 0 Å². The Morgan fingerprint density at radius 2 is 1.60 bits per heavy atom. The lowest BCUT2D eigenvalue weighted by molar-refractivity contribution is 0.930. The van der Waals surface area contributed by atoms with Gasteiger partial charge >= 0.3 is 0 Å². The highest BCUT2D eigenvalue weighted by atomic mass is 14.7. The maximum Gasteiger partial charge on any atom is 0.0509 e. The lowest BCUT2D eigenvalue weighted by Crippen LogP contribution is -1.89. The molecule has 1 atom stereocenters. The first-order valence-electron chi connectivity index (χ1n) is 7.14. The Kier molecular flexibility index (Phi) is 2.37. The van der Waals surface area contributed by atoms with Crippen molar-refractivity contribution in [2.45, 2.75) is 19.8 Å². The molecule has 0 bridgehead atoms. The lowest BCUT2D eigenvalue weighted by Gasteiger charge is -2.08. The summed E-state index contributed by atoms with van der Waals surface area (Å²) in [6.45, 7) is 4.57. The van der Waals surface area contributed by atoms with E-state index in [-0.39, 0.29) is 0 Å². The molecule has 20 heavy (non-hydrogen) atoms. The maximum absolute atomic E-state index is 3.63. The van der Waals surface area contributed by atoms with Crippen LogP contribution in [0.15, 0.2) is 60.2 Å². The van der Waals surface area contributed by atoms with Gasteiger partial charge in [-0.25, -0.2) is 0 Å². The number of nitrogens with one attached hydrogen (secondary N) is 1. The first-order chi connectivity index (χ1) is 9.77. The fraction of sp³-hybridized carbons (Fsp3) is 0.158. The predicted molar refractivity (Wildman–Crippen MR) is 84.9 cm³/mol. The number of rotatable bonds is 1. The fourth-order valence-electron chi connectivity index (χ4n) is 3.42. The minimum Gasteiger partial charge on any atom is -0.354 e. The number of benzene rings is 2. The average molecular weight is 259 g/mol. The van der Waals surface area contributed by atoms with E-state index in [4.69, 9.17) is 0 Å². The molecule has 3 aromatic rings. The minimum absolute atomic E-state index is 0.483. The number of allylic oxidation sites excluding steroid dienone is 1. The third-order valence-corrected chi connectivity index (χ3v) is 4.54. The molecule has 0 spiro atoms. The largest absolute Gasteiger partial charge is 0.354 e. The van der Waals surface area contributed by atoms with E-state index < -0.39 is 0 Å². The lowest BCUT2D eigenvalue weighted by atomic mass is 9.97. The van der Waals surface area contributed by atoms with E-state index >= 15 is 0 Å². The van der Waals surface area contributed by atoms with Crippen molar-refractivity contribution in [3.05, 3.63) is 77.0 Å². The van der Waals surface area contributed by atoms with Crippen LogP contribution in [0.25, 0.3) is 16.5 Å². The molecule has 1 N–H and O–H groups in total. The van der Waals surface area contributed by atoms with Crippen molar-refractivity contribution in [1.29, 1.82) is 0 Å². The summed E-state index contributed by atoms with van der Waals surface area (Å²) >= 11 is 0. The first-order valence-corrected chi connectivity index (χ1v) is 7.14. The highest BCUT2D eigenvalue weighted by Gasteiger charge is 2.29. The smallest absolute Gasteiger partial charge is 0.0509 e. The number of para-hydroxylation sites is 1. The zero-order chi connectivity index (χ0) is 13.7. The normalized spacial score (nSPS) is 17.8. The van der Waals surface area contributed by atoms with E-state index in [0.29, 0.717) is 5.92 Å². The van der Waals surface area contributed by atoms with Crippen LogP contribution >= 0.6 is 0 Å². The second-order valence-electron chi connectivity index (χ2n) is 5.60. The summed E-state index contributed by atoms with van der Waals surface area (Å²) < 4.78 is 0. The molecule has 0 saturated heterocycles. The Bertz CT molecular complexity index is 821. The molecule has 1 aromatic heterocycles. The van der Waals surface area contributed by atoms with Crippen molar-refractivity contribution in [1.82, 2.24) is 4.98 Å². The molecule has 1 unspecified atom stereocenters. The topological polar surface area (TPSA) is 15.8 Å². The van der Waals surface area contributed by atoms with Crippen LogP contribution in [0.1, 0.15) is 36.6 Å². The van der Waals surface area contributed by atoms with Gasteiger partial charge in [0.25, 0.3) is 0 Å². The van der Waals surface area contributed by atoms with Crippen LogP contribution < -0.4 is 0 Å². The molecule has 2 aromatic carbocycles.